The van der Waals surface area contributed by atoms with Crippen LogP contribution in [-0.4, -0.2) is 37.6 Å². The molecule has 2 unspecified atom stereocenters. The Morgan fingerprint density at radius 1 is 1.35 bits per heavy atom. The van der Waals surface area contributed by atoms with Crippen LogP contribution in [0.4, 0.5) is 0 Å². The summed E-state index contributed by atoms with van der Waals surface area (Å²) >= 11 is 0. The van der Waals surface area contributed by atoms with Gasteiger partial charge in [0.05, 0.1) is 5.75 Å². The third kappa shape index (κ3) is 4.23. The van der Waals surface area contributed by atoms with Gasteiger partial charge in [-0.25, -0.2) is 8.42 Å². The van der Waals surface area contributed by atoms with Crippen molar-refractivity contribution in [2.75, 3.05) is 18.8 Å². The van der Waals surface area contributed by atoms with E-state index >= 15 is 0 Å². The fraction of sp³-hybridized carbons (Fsp3) is 1.00. The van der Waals surface area contributed by atoms with Crippen LogP contribution in [0.1, 0.15) is 40.5 Å². The van der Waals surface area contributed by atoms with Crippen molar-refractivity contribution in [3.05, 3.63) is 0 Å². The topological polar surface area (TPSA) is 63.4 Å². The maximum Gasteiger partial charge on any atom is 0.214 e. The average Bonchev–Trinajstić information content (AvgIpc) is 2.57. The number of rotatable bonds is 4. The van der Waals surface area contributed by atoms with Crippen LogP contribution in [0.5, 0.6) is 0 Å². The van der Waals surface area contributed by atoms with Crippen molar-refractivity contribution in [1.29, 1.82) is 0 Å². The molecular weight excluding hydrogens is 236 g/mol. The Morgan fingerprint density at radius 2 is 1.94 bits per heavy atom. The van der Waals surface area contributed by atoms with Crippen molar-refractivity contribution in [3.8, 4) is 0 Å². The molecule has 0 amide bonds. The predicted octanol–water partition coefficient (Wildman–Crippen LogP) is 1.42. The summed E-state index contributed by atoms with van der Waals surface area (Å²) in [6, 6.07) is 0.105. The van der Waals surface area contributed by atoms with Crippen LogP contribution in [0.15, 0.2) is 0 Å². The summed E-state index contributed by atoms with van der Waals surface area (Å²) in [4.78, 5) is 0. The molecule has 4 nitrogen and oxygen atoms in total. The van der Waals surface area contributed by atoms with Gasteiger partial charge in [-0.3, -0.25) is 0 Å². The number of nitrogens with two attached hydrogens (primary N) is 1. The van der Waals surface area contributed by atoms with Crippen molar-refractivity contribution in [3.63, 3.8) is 0 Å². The molecule has 0 radical (unpaired) electrons. The largest absolute Gasteiger partial charge is 0.330 e. The first-order valence-electron chi connectivity index (χ1n) is 6.35. The lowest BCUT2D eigenvalue weighted by Crippen LogP contribution is -2.37. The van der Waals surface area contributed by atoms with E-state index in [9.17, 15) is 8.42 Å². The van der Waals surface area contributed by atoms with Gasteiger partial charge >= 0.3 is 0 Å². The van der Waals surface area contributed by atoms with Crippen LogP contribution in [0.25, 0.3) is 0 Å². The molecular formula is C12H26N2O2S. The third-order valence-electron chi connectivity index (χ3n) is 3.40. The highest BCUT2D eigenvalue weighted by Crippen LogP contribution is 2.27. The Labute approximate surface area is 106 Å². The molecule has 1 aliphatic heterocycles. The molecule has 1 fully saturated rings. The molecule has 102 valence electrons. The zero-order valence-corrected chi connectivity index (χ0v) is 12.3. The van der Waals surface area contributed by atoms with Gasteiger partial charge in [-0.2, -0.15) is 4.31 Å². The van der Waals surface area contributed by atoms with E-state index in [1.54, 1.807) is 4.31 Å². The minimum absolute atomic E-state index is 0.0588. The molecule has 1 saturated heterocycles. The van der Waals surface area contributed by atoms with Crippen LogP contribution in [-0.2, 0) is 10.0 Å². The first-order chi connectivity index (χ1) is 7.65. The van der Waals surface area contributed by atoms with Crippen LogP contribution >= 0.6 is 0 Å². The highest BCUT2D eigenvalue weighted by molar-refractivity contribution is 7.89. The van der Waals surface area contributed by atoms with E-state index < -0.39 is 10.0 Å². The molecule has 0 spiro atoms. The van der Waals surface area contributed by atoms with E-state index in [-0.39, 0.29) is 17.2 Å². The lowest BCUT2D eigenvalue weighted by atomic mass is 9.94. The van der Waals surface area contributed by atoms with Gasteiger partial charge in [-0.15, -0.1) is 0 Å². The SMILES string of the molecule is CC1CC(CN)CN1S(=O)(=O)CCC(C)(C)C. The van der Waals surface area contributed by atoms with Gasteiger partial charge < -0.3 is 5.73 Å². The predicted molar refractivity (Wildman–Crippen MR) is 71.2 cm³/mol. The second kappa shape index (κ2) is 5.24. The first-order valence-corrected chi connectivity index (χ1v) is 7.96. The quantitative estimate of drug-likeness (QED) is 0.833. The fourth-order valence-electron chi connectivity index (χ4n) is 2.22. The summed E-state index contributed by atoms with van der Waals surface area (Å²) in [5.41, 5.74) is 5.68. The van der Waals surface area contributed by atoms with Crippen LogP contribution in [0.3, 0.4) is 0 Å². The molecule has 0 aliphatic carbocycles. The normalized spacial score (nSPS) is 27.6. The second-order valence-electron chi connectivity index (χ2n) is 6.38. The van der Waals surface area contributed by atoms with Gasteiger partial charge in [0.25, 0.3) is 0 Å². The van der Waals surface area contributed by atoms with Crippen LogP contribution in [0.2, 0.25) is 0 Å². The smallest absolute Gasteiger partial charge is 0.214 e. The monoisotopic (exact) mass is 262 g/mol. The van der Waals surface area contributed by atoms with Crippen molar-refractivity contribution in [2.45, 2.75) is 46.6 Å². The Morgan fingerprint density at radius 3 is 2.35 bits per heavy atom. The van der Waals surface area contributed by atoms with Gasteiger partial charge in [-0.05, 0) is 37.6 Å². The van der Waals surface area contributed by atoms with Gasteiger partial charge in [0.2, 0.25) is 10.0 Å². The van der Waals surface area contributed by atoms with E-state index in [2.05, 4.69) is 20.8 Å². The van der Waals surface area contributed by atoms with E-state index in [4.69, 9.17) is 5.73 Å². The number of hydrogen-bond acceptors (Lipinski definition) is 3. The Kier molecular flexibility index (Phi) is 4.60. The van der Waals surface area contributed by atoms with Gasteiger partial charge in [0.1, 0.15) is 0 Å². The standard InChI is InChI=1S/C12H26N2O2S/c1-10-7-11(8-13)9-14(10)17(15,16)6-5-12(2,3)4/h10-11H,5-9,13H2,1-4H3. The molecule has 0 aromatic carbocycles. The molecule has 2 N–H and O–H groups in total. The molecule has 0 saturated carbocycles. The maximum atomic E-state index is 12.2. The van der Waals surface area contributed by atoms with Gasteiger partial charge in [-0.1, -0.05) is 20.8 Å². The molecule has 0 aromatic rings. The van der Waals surface area contributed by atoms with Crippen molar-refractivity contribution in [1.82, 2.24) is 4.31 Å². The summed E-state index contributed by atoms with van der Waals surface area (Å²) in [6.45, 7) is 9.36. The van der Waals surface area contributed by atoms with Gasteiger partial charge in [0, 0.05) is 12.6 Å². The van der Waals surface area contributed by atoms with E-state index in [0.29, 0.717) is 25.4 Å². The van der Waals surface area contributed by atoms with E-state index in [1.807, 2.05) is 6.92 Å². The number of sulfonamides is 1. The summed E-state index contributed by atoms with van der Waals surface area (Å²) in [5, 5.41) is 0. The molecule has 1 aliphatic rings. The summed E-state index contributed by atoms with van der Waals surface area (Å²) < 4.78 is 26.1. The van der Waals surface area contributed by atoms with Crippen molar-refractivity contribution >= 4 is 10.0 Å². The molecule has 0 aromatic heterocycles. The Bertz CT molecular complexity index is 346. The molecule has 1 heterocycles. The summed E-state index contributed by atoms with van der Waals surface area (Å²) in [5.74, 6) is 0.576. The average molecular weight is 262 g/mol. The first kappa shape index (κ1) is 14.9. The van der Waals surface area contributed by atoms with Crippen LogP contribution < -0.4 is 5.73 Å². The maximum absolute atomic E-state index is 12.2. The zero-order chi connectivity index (χ0) is 13.3. The number of hydrogen-bond donors (Lipinski definition) is 1. The van der Waals surface area contributed by atoms with Crippen molar-refractivity contribution in [2.24, 2.45) is 17.1 Å². The second-order valence-corrected chi connectivity index (χ2v) is 8.42. The number of nitrogens with zero attached hydrogens (tertiary/aromatic N) is 1. The van der Waals surface area contributed by atoms with E-state index in [0.717, 1.165) is 6.42 Å². The molecule has 17 heavy (non-hydrogen) atoms. The highest BCUT2D eigenvalue weighted by atomic mass is 32.2. The minimum Gasteiger partial charge on any atom is -0.330 e. The summed E-state index contributed by atoms with van der Waals surface area (Å²) in [7, 11) is -3.11. The lowest BCUT2D eigenvalue weighted by molar-refractivity contribution is 0.374. The highest BCUT2D eigenvalue weighted by Gasteiger charge is 2.36. The third-order valence-corrected chi connectivity index (χ3v) is 5.35. The lowest BCUT2D eigenvalue weighted by Gasteiger charge is -2.24. The minimum atomic E-state index is -3.11. The van der Waals surface area contributed by atoms with Crippen molar-refractivity contribution < 1.29 is 8.42 Å². The Balaban J connectivity index is 2.65. The molecule has 1 rings (SSSR count). The zero-order valence-electron chi connectivity index (χ0n) is 11.4. The summed E-state index contributed by atoms with van der Waals surface area (Å²) in [6.07, 6.45) is 1.59. The van der Waals surface area contributed by atoms with E-state index in [1.165, 1.54) is 0 Å². The Hall–Kier alpha value is -0.130. The van der Waals surface area contributed by atoms with Crippen LogP contribution in [0, 0.1) is 11.3 Å². The molecule has 2 atom stereocenters. The van der Waals surface area contributed by atoms with Gasteiger partial charge in [0.15, 0.2) is 0 Å². The molecule has 5 heteroatoms. The molecule has 0 bridgehead atoms. The fourth-order valence-corrected chi connectivity index (χ4v) is 4.40.